The molecule has 0 aliphatic rings. The van der Waals surface area contributed by atoms with Crippen molar-refractivity contribution in [2.45, 2.75) is 6.92 Å². The van der Waals surface area contributed by atoms with Gasteiger partial charge in [-0.05, 0) is 43.3 Å². The first-order chi connectivity index (χ1) is 12.9. The van der Waals surface area contributed by atoms with E-state index in [1.807, 2.05) is 30.3 Å². The smallest absolute Gasteiger partial charge is 0.337 e. The topological polar surface area (TPSA) is 82.3 Å². The molecule has 0 aliphatic heterocycles. The molecule has 2 aromatic carbocycles. The molecule has 1 amide bonds. The first-order valence-electron chi connectivity index (χ1n) is 8.27. The fourth-order valence-electron chi connectivity index (χ4n) is 2.77. The van der Waals surface area contributed by atoms with Crippen LogP contribution in [0.2, 0.25) is 0 Å². The molecule has 1 aromatic heterocycles. The molecular formula is C20H19N3O4. The van der Waals surface area contributed by atoms with Crippen molar-refractivity contribution in [3.8, 4) is 5.69 Å². The van der Waals surface area contributed by atoms with Crippen molar-refractivity contribution < 1.29 is 14.3 Å². The second kappa shape index (κ2) is 7.33. The van der Waals surface area contributed by atoms with E-state index in [0.717, 1.165) is 0 Å². The van der Waals surface area contributed by atoms with Crippen LogP contribution in [0.5, 0.6) is 0 Å². The van der Waals surface area contributed by atoms with Crippen molar-refractivity contribution in [2.75, 3.05) is 12.4 Å². The third-order valence-corrected chi connectivity index (χ3v) is 4.36. The summed E-state index contributed by atoms with van der Waals surface area (Å²) < 4.78 is 7.81. The first-order valence-corrected chi connectivity index (χ1v) is 8.27. The number of hydrogen-bond acceptors (Lipinski definition) is 4. The van der Waals surface area contributed by atoms with Crippen molar-refractivity contribution in [3.05, 3.63) is 81.8 Å². The number of ether oxygens (including phenoxy) is 1. The van der Waals surface area contributed by atoms with Gasteiger partial charge in [-0.25, -0.2) is 9.48 Å². The van der Waals surface area contributed by atoms with Crippen molar-refractivity contribution >= 4 is 17.6 Å². The fraction of sp³-hybridized carbons (Fsp3) is 0.150. The van der Waals surface area contributed by atoms with Gasteiger partial charge >= 0.3 is 5.97 Å². The zero-order valence-electron chi connectivity index (χ0n) is 15.2. The molecule has 138 valence electrons. The molecule has 0 unspecified atom stereocenters. The summed E-state index contributed by atoms with van der Waals surface area (Å²) in [6, 6.07) is 15.2. The lowest BCUT2D eigenvalue weighted by Crippen LogP contribution is -2.23. The molecular weight excluding hydrogens is 346 g/mol. The van der Waals surface area contributed by atoms with Crippen LogP contribution in [0, 0.1) is 6.92 Å². The van der Waals surface area contributed by atoms with E-state index < -0.39 is 11.9 Å². The SMILES string of the molecule is COC(=O)c1ccc(C(=O)Nc2c(C)n(C)n(-c3ccccc3)c2=O)cc1. The van der Waals surface area contributed by atoms with Crippen molar-refractivity contribution in [1.82, 2.24) is 9.36 Å². The van der Waals surface area contributed by atoms with Gasteiger partial charge in [-0.15, -0.1) is 0 Å². The van der Waals surface area contributed by atoms with Crippen LogP contribution in [-0.4, -0.2) is 28.3 Å². The number of nitrogens with zero attached hydrogens (tertiary/aromatic N) is 2. The molecule has 0 aliphatic carbocycles. The number of amides is 1. The zero-order valence-corrected chi connectivity index (χ0v) is 15.2. The number of hydrogen-bond donors (Lipinski definition) is 1. The maximum atomic E-state index is 12.8. The van der Waals surface area contributed by atoms with Gasteiger partial charge in [0.1, 0.15) is 5.69 Å². The summed E-state index contributed by atoms with van der Waals surface area (Å²) in [5, 5.41) is 2.68. The number of methoxy groups -OCH3 is 1. The van der Waals surface area contributed by atoms with Gasteiger partial charge < -0.3 is 10.1 Å². The van der Waals surface area contributed by atoms with E-state index >= 15 is 0 Å². The normalized spacial score (nSPS) is 10.5. The average Bonchev–Trinajstić information content (AvgIpc) is 2.91. The highest BCUT2D eigenvalue weighted by Gasteiger charge is 2.19. The van der Waals surface area contributed by atoms with Gasteiger partial charge in [0, 0.05) is 12.6 Å². The summed E-state index contributed by atoms with van der Waals surface area (Å²) in [6.07, 6.45) is 0. The molecule has 0 radical (unpaired) electrons. The molecule has 3 rings (SSSR count). The lowest BCUT2D eigenvalue weighted by atomic mass is 10.1. The minimum atomic E-state index is -0.480. The van der Waals surface area contributed by atoms with E-state index in [9.17, 15) is 14.4 Å². The zero-order chi connectivity index (χ0) is 19.6. The predicted molar refractivity (Wildman–Crippen MR) is 101 cm³/mol. The number of benzene rings is 2. The Morgan fingerprint density at radius 3 is 2.15 bits per heavy atom. The summed E-state index contributed by atoms with van der Waals surface area (Å²) in [4.78, 5) is 36.8. The molecule has 0 bridgehead atoms. The predicted octanol–water partition coefficient (Wildman–Crippen LogP) is 2.52. The van der Waals surface area contributed by atoms with Crippen LogP contribution in [0.15, 0.2) is 59.4 Å². The van der Waals surface area contributed by atoms with E-state index in [4.69, 9.17) is 0 Å². The Kier molecular flexibility index (Phi) is 4.94. The van der Waals surface area contributed by atoms with Crippen LogP contribution >= 0.6 is 0 Å². The van der Waals surface area contributed by atoms with Crippen LogP contribution in [0.1, 0.15) is 26.4 Å². The molecule has 0 spiro atoms. The van der Waals surface area contributed by atoms with Gasteiger partial charge in [0.05, 0.1) is 24.1 Å². The molecule has 1 N–H and O–H groups in total. The van der Waals surface area contributed by atoms with E-state index in [0.29, 0.717) is 22.5 Å². The van der Waals surface area contributed by atoms with Crippen LogP contribution in [0.4, 0.5) is 5.69 Å². The van der Waals surface area contributed by atoms with Crippen LogP contribution in [-0.2, 0) is 11.8 Å². The van der Waals surface area contributed by atoms with E-state index in [1.165, 1.54) is 36.1 Å². The Balaban J connectivity index is 1.91. The lowest BCUT2D eigenvalue weighted by molar-refractivity contribution is 0.0600. The van der Waals surface area contributed by atoms with E-state index in [-0.39, 0.29) is 11.2 Å². The highest BCUT2D eigenvalue weighted by atomic mass is 16.5. The van der Waals surface area contributed by atoms with Crippen LogP contribution in [0.3, 0.4) is 0 Å². The lowest BCUT2D eigenvalue weighted by Gasteiger charge is -2.07. The van der Waals surface area contributed by atoms with Gasteiger partial charge in [-0.1, -0.05) is 18.2 Å². The summed E-state index contributed by atoms with van der Waals surface area (Å²) in [7, 11) is 3.05. The summed E-state index contributed by atoms with van der Waals surface area (Å²) in [5.41, 5.74) is 1.90. The average molecular weight is 365 g/mol. The van der Waals surface area contributed by atoms with Crippen molar-refractivity contribution in [2.24, 2.45) is 7.05 Å². The maximum absolute atomic E-state index is 12.8. The quantitative estimate of drug-likeness (QED) is 0.720. The number of para-hydroxylation sites is 1. The highest BCUT2D eigenvalue weighted by molar-refractivity contribution is 6.05. The van der Waals surface area contributed by atoms with Crippen LogP contribution < -0.4 is 10.9 Å². The van der Waals surface area contributed by atoms with Gasteiger partial charge in [-0.2, -0.15) is 0 Å². The number of carbonyl (C=O) groups excluding carboxylic acids is 2. The second-order valence-electron chi connectivity index (χ2n) is 5.96. The molecule has 0 fully saturated rings. The minimum absolute atomic E-state index is 0.211. The summed E-state index contributed by atoms with van der Waals surface area (Å²) in [5.74, 6) is -0.913. The Bertz CT molecular complexity index is 1050. The van der Waals surface area contributed by atoms with Crippen molar-refractivity contribution in [3.63, 3.8) is 0 Å². The van der Waals surface area contributed by atoms with Gasteiger partial charge in [0.15, 0.2) is 0 Å². The molecule has 0 saturated carbocycles. The molecule has 0 atom stereocenters. The molecule has 3 aromatic rings. The van der Waals surface area contributed by atoms with Crippen molar-refractivity contribution in [1.29, 1.82) is 0 Å². The third-order valence-electron chi connectivity index (χ3n) is 4.36. The van der Waals surface area contributed by atoms with Gasteiger partial charge in [0.25, 0.3) is 11.5 Å². The number of carbonyl (C=O) groups is 2. The Morgan fingerprint density at radius 2 is 1.56 bits per heavy atom. The number of nitrogens with one attached hydrogen (secondary N) is 1. The third kappa shape index (κ3) is 3.39. The molecule has 7 nitrogen and oxygen atoms in total. The second-order valence-corrected chi connectivity index (χ2v) is 5.96. The number of anilines is 1. The molecule has 1 heterocycles. The summed E-state index contributed by atoms with van der Waals surface area (Å²) in [6.45, 7) is 1.76. The number of esters is 1. The summed E-state index contributed by atoms with van der Waals surface area (Å²) >= 11 is 0. The Labute approximate surface area is 155 Å². The standard InChI is InChI=1S/C20H19N3O4/c1-13-17(19(25)23(22(13)2)16-7-5-4-6-8-16)21-18(24)14-9-11-15(12-10-14)20(26)27-3/h4-12H,1-3H3,(H,21,24). The first kappa shape index (κ1) is 18.2. The largest absolute Gasteiger partial charge is 0.465 e. The number of aromatic nitrogens is 2. The molecule has 27 heavy (non-hydrogen) atoms. The fourth-order valence-corrected chi connectivity index (χ4v) is 2.77. The van der Waals surface area contributed by atoms with Gasteiger partial charge in [-0.3, -0.25) is 14.3 Å². The Morgan fingerprint density at radius 1 is 0.963 bits per heavy atom. The Hall–Kier alpha value is -3.61. The molecule has 0 saturated heterocycles. The van der Waals surface area contributed by atoms with Gasteiger partial charge in [0.2, 0.25) is 0 Å². The minimum Gasteiger partial charge on any atom is -0.465 e. The number of rotatable bonds is 4. The van der Waals surface area contributed by atoms with Crippen LogP contribution in [0.25, 0.3) is 5.69 Å². The highest BCUT2D eigenvalue weighted by Crippen LogP contribution is 2.15. The van der Waals surface area contributed by atoms with E-state index in [2.05, 4.69) is 10.1 Å². The monoisotopic (exact) mass is 365 g/mol. The maximum Gasteiger partial charge on any atom is 0.337 e. The van der Waals surface area contributed by atoms with E-state index in [1.54, 1.807) is 18.7 Å². The molecule has 7 heteroatoms.